The van der Waals surface area contributed by atoms with Gasteiger partial charge < -0.3 is 5.73 Å². The Kier molecular flexibility index (Phi) is 4.84. The van der Waals surface area contributed by atoms with E-state index < -0.39 is 0 Å². The van der Waals surface area contributed by atoms with Crippen molar-refractivity contribution in [1.82, 2.24) is 0 Å². The van der Waals surface area contributed by atoms with Crippen LogP contribution in [0.1, 0.15) is 73.4 Å². The molecule has 0 bridgehead atoms. The van der Waals surface area contributed by atoms with E-state index in [0.29, 0.717) is 11.8 Å². The average molecular weight is 281 g/mol. The molecule has 0 aliphatic carbocycles. The molecule has 112 valence electrons. The van der Waals surface area contributed by atoms with Gasteiger partial charge in [-0.1, -0.05) is 70.2 Å². The zero-order chi connectivity index (χ0) is 15.6. The summed E-state index contributed by atoms with van der Waals surface area (Å²) in [5.41, 5.74) is 13.1. The van der Waals surface area contributed by atoms with E-state index in [2.05, 4.69) is 77.1 Å². The lowest BCUT2D eigenvalue weighted by molar-refractivity contribution is 0.778. The van der Waals surface area contributed by atoms with Gasteiger partial charge in [-0.25, -0.2) is 0 Å². The van der Waals surface area contributed by atoms with Gasteiger partial charge in [-0.05, 0) is 46.6 Å². The Morgan fingerprint density at radius 3 is 2.00 bits per heavy atom. The Balaban J connectivity index is 2.50. The standard InChI is InChI=1S/C20H27N/c1-13(2)16-10-11-18(19(12-16)14(3)4)20(21)17-9-7-6-8-15(17)5/h6-14,20H,21H2,1-5H3. The maximum Gasteiger partial charge on any atom is 0.0557 e. The fourth-order valence-electron chi connectivity index (χ4n) is 2.84. The molecule has 0 aromatic heterocycles. The molecule has 0 radical (unpaired) electrons. The summed E-state index contributed by atoms with van der Waals surface area (Å²) in [6.45, 7) is 11.1. The van der Waals surface area contributed by atoms with Gasteiger partial charge in [0.2, 0.25) is 0 Å². The van der Waals surface area contributed by atoms with Crippen molar-refractivity contribution in [3.8, 4) is 0 Å². The molecule has 0 saturated heterocycles. The first-order valence-electron chi connectivity index (χ1n) is 7.86. The van der Waals surface area contributed by atoms with Crippen LogP contribution in [0.25, 0.3) is 0 Å². The molecule has 1 nitrogen and oxygen atoms in total. The van der Waals surface area contributed by atoms with E-state index in [1.54, 1.807) is 0 Å². The molecule has 2 N–H and O–H groups in total. The maximum atomic E-state index is 6.58. The number of hydrogen-bond acceptors (Lipinski definition) is 1. The van der Waals surface area contributed by atoms with Crippen LogP contribution in [-0.4, -0.2) is 0 Å². The van der Waals surface area contributed by atoms with E-state index in [0.717, 1.165) is 0 Å². The second-order valence-corrected chi connectivity index (χ2v) is 6.53. The zero-order valence-corrected chi connectivity index (χ0v) is 13.9. The molecule has 2 aromatic carbocycles. The Morgan fingerprint density at radius 1 is 0.762 bits per heavy atom. The quantitative estimate of drug-likeness (QED) is 0.809. The van der Waals surface area contributed by atoms with Crippen LogP contribution in [0.2, 0.25) is 0 Å². The lowest BCUT2D eigenvalue weighted by Crippen LogP contribution is -2.16. The smallest absolute Gasteiger partial charge is 0.0557 e. The van der Waals surface area contributed by atoms with Gasteiger partial charge in [0.25, 0.3) is 0 Å². The Bertz CT molecular complexity index is 611. The molecule has 2 aromatic rings. The molecule has 1 heteroatoms. The molecule has 0 amide bonds. The third-order valence-electron chi connectivity index (χ3n) is 4.26. The van der Waals surface area contributed by atoms with E-state index in [9.17, 15) is 0 Å². The molecular weight excluding hydrogens is 254 g/mol. The Labute approximate surface area is 129 Å². The molecule has 2 rings (SSSR count). The van der Waals surface area contributed by atoms with Crippen LogP contribution in [0, 0.1) is 6.92 Å². The third-order valence-corrected chi connectivity index (χ3v) is 4.26. The summed E-state index contributed by atoms with van der Waals surface area (Å²) >= 11 is 0. The molecule has 21 heavy (non-hydrogen) atoms. The normalized spacial score (nSPS) is 13.0. The summed E-state index contributed by atoms with van der Waals surface area (Å²) in [6.07, 6.45) is 0. The maximum absolute atomic E-state index is 6.58. The van der Waals surface area contributed by atoms with Crippen LogP contribution in [0.5, 0.6) is 0 Å². The molecule has 0 fully saturated rings. The zero-order valence-electron chi connectivity index (χ0n) is 13.9. The van der Waals surface area contributed by atoms with Gasteiger partial charge in [-0.3, -0.25) is 0 Å². The predicted octanol–water partition coefficient (Wildman–Crippen LogP) is 5.29. The van der Waals surface area contributed by atoms with Gasteiger partial charge in [0.1, 0.15) is 0 Å². The van der Waals surface area contributed by atoms with E-state index in [1.165, 1.54) is 27.8 Å². The van der Waals surface area contributed by atoms with E-state index in [-0.39, 0.29) is 6.04 Å². The van der Waals surface area contributed by atoms with Crippen LogP contribution < -0.4 is 5.73 Å². The SMILES string of the molecule is Cc1ccccc1C(N)c1ccc(C(C)C)cc1C(C)C. The van der Waals surface area contributed by atoms with Crippen molar-refractivity contribution in [1.29, 1.82) is 0 Å². The van der Waals surface area contributed by atoms with Crippen LogP contribution in [0.4, 0.5) is 0 Å². The Hall–Kier alpha value is -1.60. The molecular formula is C20H27N. The van der Waals surface area contributed by atoms with Gasteiger partial charge in [0, 0.05) is 0 Å². The molecule has 0 saturated carbocycles. The minimum absolute atomic E-state index is 0.0511. The number of aryl methyl sites for hydroxylation is 1. The topological polar surface area (TPSA) is 26.0 Å². The van der Waals surface area contributed by atoms with Gasteiger partial charge in [0.05, 0.1) is 6.04 Å². The highest BCUT2D eigenvalue weighted by Crippen LogP contribution is 2.31. The highest BCUT2D eigenvalue weighted by Gasteiger charge is 2.17. The van der Waals surface area contributed by atoms with Crippen LogP contribution in [0.3, 0.4) is 0 Å². The second-order valence-electron chi connectivity index (χ2n) is 6.53. The van der Waals surface area contributed by atoms with Gasteiger partial charge in [0.15, 0.2) is 0 Å². The first-order chi connectivity index (χ1) is 9.91. The van der Waals surface area contributed by atoms with Crippen molar-refractivity contribution in [2.75, 3.05) is 0 Å². The van der Waals surface area contributed by atoms with Crippen molar-refractivity contribution in [3.05, 3.63) is 70.3 Å². The summed E-state index contributed by atoms with van der Waals surface area (Å²) in [5.74, 6) is 1.03. The fraction of sp³-hybridized carbons (Fsp3) is 0.400. The van der Waals surface area contributed by atoms with E-state index in [1.807, 2.05) is 0 Å². The number of hydrogen-bond donors (Lipinski definition) is 1. The molecule has 1 atom stereocenters. The first kappa shape index (κ1) is 15.8. The number of rotatable bonds is 4. The summed E-state index contributed by atoms with van der Waals surface area (Å²) < 4.78 is 0. The summed E-state index contributed by atoms with van der Waals surface area (Å²) in [5, 5.41) is 0. The second kappa shape index (κ2) is 6.44. The highest BCUT2D eigenvalue weighted by atomic mass is 14.6. The highest BCUT2D eigenvalue weighted by molar-refractivity contribution is 5.43. The third kappa shape index (κ3) is 3.36. The van der Waals surface area contributed by atoms with Gasteiger partial charge in [-0.2, -0.15) is 0 Å². The minimum atomic E-state index is -0.0511. The summed E-state index contributed by atoms with van der Waals surface area (Å²) in [6, 6.07) is 15.1. The lowest BCUT2D eigenvalue weighted by atomic mass is 9.86. The molecule has 0 aliphatic heterocycles. The Morgan fingerprint density at radius 2 is 1.43 bits per heavy atom. The minimum Gasteiger partial charge on any atom is -0.320 e. The summed E-state index contributed by atoms with van der Waals surface area (Å²) in [7, 11) is 0. The summed E-state index contributed by atoms with van der Waals surface area (Å²) in [4.78, 5) is 0. The van der Waals surface area contributed by atoms with Crippen LogP contribution in [-0.2, 0) is 0 Å². The van der Waals surface area contributed by atoms with Crippen molar-refractivity contribution >= 4 is 0 Å². The van der Waals surface area contributed by atoms with E-state index >= 15 is 0 Å². The number of benzene rings is 2. The monoisotopic (exact) mass is 281 g/mol. The molecule has 0 aliphatic rings. The van der Waals surface area contributed by atoms with Crippen molar-refractivity contribution in [2.24, 2.45) is 5.73 Å². The fourth-order valence-corrected chi connectivity index (χ4v) is 2.84. The van der Waals surface area contributed by atoms with Crippen molar-refractivity contribution in [3.63, 3.8) is 0 Å². The average Bonchev–Trinajstić information content (AvgIpc) is 2.46. The van der Waals surface area contributed by atoms with Gasteiger partial charge in [-0.15, -0.1) is 0 Å². The van der Waals surface area contributed by atoms with Gasteiger partial charge >= 0.3 is 0 Å². The first-order valence-corrected chi connectivity index (χ1v) is 7.86. The van der Waals surface area contributed by atoms with Crippen LogP contribution in [0.15, 0.2) is 42.5 Å². The van der Waals surface area contributed by atoms with E-state index in [4.69, 9.17) is 5.73 Å². The lowest BCUT2D eigenvalue weighted by Gasteiger charge is -2.22. The number of nitrogens with two attached hydrogens (primary N) is 1. The predicted molar refractivity (Wildman–Crippen MR) is 91.8 cm³/mol. The molecule has 0 heterocycles. The molecule has 1 unspecified atom stereocenters. The molecule has 0 spiro atoms. The van der Waals surface area contributed by atoms with Crippen LogP contribution >= 0.6 is 0 Å². The van der Waals surface area contributed by atoms with Crippen molar-refractivity contribution < 1.29 is 0 Å². The largest absolute Gasteiger partial charge is 0.320 e. The van der Waals surface area contributed by atoms with Crippen molar-refractivity contribution in [2.45, 2.75) is 52.5 Å².